The zero-order chi connectivity index (χ0) is 18.8. The van der Waals surface area contributed by atoms with Crippen LogP contribution in [-0.2, 0) is 17.6 Å². The normalized spacial score (nSPS) is 12.8. The molecule has 4 nitrogen and oxygen atoms in total. The number of rotatable bonds is 5. The topological polar surface area (TPSA) is 48.4 Å². The lowest BCUT2D eigenvalue weighted by molar-refractivity contribution is 0.0451. The van der Waals surface area contributed by atoms with Crippen LogP contribution in [0.5, 0.6) is 5.75 Å². The first-order valence-corrected chi connectivity index (χ1v) is 9.55. The number of aryl methyl sites for hydroxylation is 1. The van der Waals surface area contributed by atoms with Crippen LogP contribution in [0.15, 0.2) is 42.5 Å². The number of carbonyl (C=O) groups excluding carboxylic acids is 1. The lowest BCUT2D eigenvalue weighted by atomic mass is 10.0. The van der Waals surface area contributed by atoms with Gasteiger partial charge < -0.3 is 9.47 Å². The minimum absolute atomic E-state index is 0.103. The van der Waals surface area contributed by atoms with Crippen LogP contribution in [0.25, 0.3) is 10.9 Å². The molecule has 4 rings (SSSR count). The number of ether oxygens (including phenoxy) is 2. The number of hydrogen-bond donors (Lipinski definition) is 0. The lowest BCUT2D eigenvalue weighted by Gasteiger charge is -2.13. The van der Waals surface area contributed by atoms with Gasteiger partial charge in [-0.2, -0.15) is 0 Å². The average molecular weight is 402 g/mol. The summed E-state index contributed by atoms with van der Waals surface area (Å²) in [5.74, 6) is 0.0488. The number of hydrogen-bond acceptors (Lipinski definition) is 4. The van der Waals surface area contributed by atoms with E-state index in [2.05, 4.69) is 0 Å². The van der Waals surface area contributed by atoms with Crippen molar-refractivity contribution < 1.29 is 14.3 Å². The van der Waals surface area contributed by atoms with Crippen molar-refractivity contribution in [1.82, 2.24) is 4.98 Å². The van der Waals surface area contributed by atoms with Gasteiger partial charge in [0.25, 0.3) is 0 Å². The summed E-state index contributed by atoms with van der Waals surface area (Å²) in [4.78, 5) is 17.5. The number of aromatic nitrogens is 1. The molecule has 0 N–H and O–H groups in total. The number of nitrogens with zero attached hydrogens (tertiary/aromatic N) is 1. The summed E-state index contributed by atoms with van der Waals surface area (Å²) in [7, 11) is 0. The van der Waals surface area contributed by atoms with Crippen molar-refractivity contribution in [3.05, 3.63) is 69.3 Å². The lowest BCUT2D eigenvalue weighted by Crippen LogP contribution is -2.15. The van der Waals surface area contributed by atoms with Gasteiger partial charge in [0.15, 0.2) is 5.75 Å². The van der Waals surface area contributed by atoms with E-state index < -0.39 is 0 Å². The highest BCUT2D eigenvalue weighted by molar-refractivity contribution is 6.37. The standard InChI is InChI=1S/C21H17Cl2NO3/c22-15-7-4-8-16(23)20(15)26-11-12-27-21(25)19-13-5-1-2-9-17(13)24-18-10-3-6-14(18)19/h1-2,4-5,7-9H,3,6,10-12H2. The van der Waals surface area contributed by atoms with Crippen LogP contribution in [0, 0.1) is 0 Å². The van der Waals surface area contributed by atoms with E-state index in [1.165, 1.54) is 0 Å². The molecule has 0 saturated carbocycles. The largest absolute Gasteiger partial charge is 0.487 e. The van der Waals surface area contributed by atoms with E-state index in [0.29, 0.717) is 21.4 Å². The maximum Gasteiger partial charge on any atom is 0.339 e. The average Bonchev–Trinajstić information content (AvgIpc) is 3.12. The third-order valence-corrected chi connectivity index (χ3v) is 5.20. The Bertz CT molecular complexity index is 999. The molecule has 0 radical (unpaired) electrons. The summed E-state index contributed by atoms with van der Waals surface area (Å²) >= 11 is 12.1. The van der Waals surface area contributed by atoms with Gasteiger partial charge in [0.2, 0.25) is 0 Å². The van der Waals surface area contributed by atoms with Crippen LogP contribution in [0.1, 0.15) is 28.0 Å². The molecule has 0 spiro atoms. The Morgan fingerprint density at radius 2 is 1.78 bits per heavy atom. The first-order chi connectivity index (χ1) is 13.1. The quantitative estimate of drug-likeness (QED) is 0.431. The van der Waals surface area contributed by atoms with Crippen molar-refractivity contribution in [1.29, 1.82) is 0 Å². The fraction of sp³-hybridized carbons (Fsp3) is 0.238. The Labute approximate surface area is 167 Å². The molecule has 1 aromatic heterocycles. The van der Waals surface area contributed by atoms with Crippen LogP contribution in [0.2, 0.25) is 10.0 Å². The van der Waals surface area contributed by atoms with E-state index in [-0.39, 0.29) is 19.2 Å². The zero-order valence-electron chi connectivity index (χ0n) is 14.5. The Balaban J connectivity index is 1.49. The van der Waals surface area contributed by atoms with Crippen LogP contribution in [-0.4, -0.2) is 24.2 Å². The number of benzene rings is 2. The molecule has 0 unspecified atom stereocenters. The second-order valence-electron chi connectivity index (χ2n) is 6.32. The van der Waals surface area contributed by atoms with Crippen molar-refractivity contribution in [2.75, 3.05) is 13.2 Å². The van der Waals surface area contributed by atoms with Gasteiger partial charge in [0, 0.05) is 11.1 Å². The number of para-hydroxylation sites is 2. The van der Waals surface area contributed by atoms with Gasteiger partial charge in [-0.05, 0) is 43.0 Å². The maximum absolute atomic E-state index is 12.8. The van der Waals surface area contributed by atoms with E-state index in [1.807, 2.05) is 24.3 Å². The van der Waals surface area contributed by atoms with E-state index >= 15 is 0 Å². The zero-order valence-corrected chi connectivity index (χ0v) is 16.0. The molecule has 1 heterocycles. The van der Waals surface area contributed by atoms with Gasteiger partial charge in [0.1, 0.15) is 13.2 Å². The Hall–Kier alpha value is -2.30. The second kappa shape index (κ2) is 7.75. The van der Waals surface area contributed by atoms with Gasteiger partial charge in [-0.15, -0.1) is 0 Å². The molecule has 6 heteroatoms. The van der Waals surface area contributed by atoms with Crippen molar-refractivity contribution in [3.8, 4) is 5.75 Å². The van der Waals surface area contributed by atoms with Crippen molar-refractivity contribution >= 4 is 40.1 Å². The highest BCUT2D eigenvalue weighted by atomic mass is 35.5. The molecular formula is C21H17Cl2NO3. The Kier molecular flexibility index (Phi) is 5.19. The number of pyridine rings is 1. The van der Waals surface area contributed by atoms with E-state index in [9.17, 15) is 4.79 Å². The van der Waals surface area contributed by atoms with Gasteiger partial charge in [0.05, 0.1) is 21.1 Å². The molecule has 0 saturated heterocycles. The number of fused-ring (bicyclic) bond motifs is 2. The third kappa shape index (κ3) is 3.60. The summed E-state index contributed by atoms with van der Waals surface area (Å²) in [6.45, 7) is 0.270. The summed E-state index contributed by atoms with van der Waals surface area (Å²) < 4.78 is 11.1. The monoisotopic (exact) mass is 401 g/mol. The predicted molar refractivity (Wildman–Crippen MR) is 106 cm³/mol. The number of halogens is 2. The summed E-state index contributed by atoms with van der Waals surface area (Å²) in [6, 6.07) is 12.8. The first kappa shape index (κ1) is 18.1. The molecule has 1 aliphatic rings. The molecule has 0 atom stereocenters. The molecule has 3 aromatic rings. The molecule has 2 aromatic carbocycles. The Morgan fingerprint density at radius 1 is 1.00 bits per heavy atom. The summed E-state index contributed by atoms with van der Waals surface area (Å²) in [5, 5.41) is 1.68. The maximum atomic E-state index is 12.8. The number of carbonyl (C=O) groups is 1. The molecule has 0 aliphatic heterocycles. The fourth-order valence-corrected chi connectivity index (χ4v) is 3.92. The van der Waals surface area contributed by atoms with Crippen molar-refractivity contribution in [2.24, 2.45) is 0 Å². The third-order valence-electron chi connectivity index (χ3n) is 4.61. The SMILES string of the molecule is O=C(OCCOc1c(Cl)cccc1Cl)c1c2c(nc3ccccc13)CCC2. The predicted octanol–water partition coefficient (Wildman–Crippen LogP) is 5.27. The van der Waals surface area contributed by atoms with Crippen LogP contribution in [0.4, 0.5) is 0 Å². The smallest absolute Gasteiger partial charge is 0.339 e. The molecule has 27 heavy (non-hydrogen) atoms. The fourth-order valence-electron chi connectivity index (χ4n) is 3.41. The van der Waals surface area contributed by atoms with Gasteiger partial charge in [-0.25, -0.2) is 4.79 Å². The summed E-state index contributed by atoms with van der Waals surface area (Å²) in [5.41, 5.74) is 3.46. The van der Waals surface area contributed by atoms with E-state index in [0.717, 1.165) is 41.4 Å². The first-order valence-electron chi connectivity index (χ1n) is 8.79. The van der Waals surface area contributed by atoms with Crippen LogP contribution in [0.3, 0.4) is 0 Å². The van der Waals surface area contributed by atoms with Gasteiger partial charge in [-0.3, -0.25) is 4.98 Å². The molecule has 138 valence electrons. The molecule has 0 fully saturated rings. The summed E-state index contributed by atoms with van der Waals surface area (Å²) in [6.07, 6.45) is 2.75. The van der Waals surface area contributed by atoms with Crippen molar-refractivity contribution in [3.63, 3.8) is 0 Å². The molecule has 1 aliphatic carbocycles. The van der Waals surface area contributed by atoms with Gasteiger partial charge >= 0.3 is 5.97 Å². The van der Waals surface area contributed by atoms with Gasteiger partial charge in [-0.1, -0.05) is 47.5 Å². The van der Waals surface area contributed by atoms with Crippen molar-refractivity contribution in [2.45, 2.75) is 19.3 Å². The van der Waals surface area contributed by atoms with Crippen LogP contribution < -0.4 is 4.74 Å². The number of esters is 1. The van der Waals surface area contributed by atoms with E-state index in [4.69, 9.17) is 37.7 Å². The van der Waals surface area contributed by atoms with Crippen LogP contribution >= 0.6 is 23.2 Å². The molecule has 0 amide bonds. The second-order valence-corrected chi connectivity index (χ2v) is 7.13. The van der Waals surface area contributed by atoms with E-state index in [1.54, 1.807) is 18.2 Å². The Morgan fingerprint density at radius 3 is 2.59 bits per heavy atom. The molecular weight excluding hydrogens is 385 g/mol. The minimum atomic E-state index is -0.347. The highest BCUT2D eigenvalue weighted by Crippen LogP contribution is 2.32. The molecule has 0 bridgehead atoms. The minimum Gasteiger partial charge on any atom is -0.487 e. The highest BCUT2D eigenvalue weighted by Gasteiger charge is 2.24.